The van der Waals surface area contributed by atoms with E-state index in [1.807, 2.05) is 0 Å². The van der Waals surface area contributed by atoms with E-state index >= 15 is 0 Å². The molecule has 0 fully saturated rings. The molecule has 0 radical (unpaired) electrons. The van der Waals surface area contributed by atoms with Crippen molar-refractivity contribution in [3.8, 4) is 0 Å². The minimum atomic E-state index is -3.24. The quantitative estimate of drug-likeness (QED) is 0.827. The van der Waals surface area contributed by atoms with Gasteiger partial charge < -0.3 is 9.84 Å². The zero-order valence-corrected chi connectivity index (χ0v) is 11.1. The van der Waals surface area contributed by atoms with Crippen LogP contribution >= 0.6 is 0 Å². The first-order valence-corrected chi connectivity index (χ1v) is 5.41. The molecule has 0 heterocycles. The van der Waals surface area contributed by atoms with Crippen LogP contribution in [0.1, 0.15) is 27.7 Å². The Hall–Kier alpha value is -1.24. The van der Waals surface area contributed by atoms with E-state index in [4.69, 9.17) is 9.84 Å². The Morgan fingerprint density at radius 2 is 1.72 bits per heavy atom. The lowest BCUT2D eigenvalue weighted by Gasteiger charge is -2.40. The number of carbonyl (C=O) groups excluding carboxylic acids is 1. The summed E-state index contributed by atoms with van der Waals surface area (Å²) in [4.78, 5) is 23.4. The molecule has 0 bridgehead atoms. The summed E-state index contributed by atoms with van der Waals surface area (Å²) in [6.45, 7) is 5.95. The minimum absolute atomic E-state index is 0.704. The van der Waals surface area contributed by atoms with E-state index in [0.29, 0.717) is 4.90 Å². The second-order valence-electron chi connectivity index (χ2n) is 4.91. The van der Waals surface area contributed by atoms with Gasteiger partial charge in [0.1, 0.15) is 6.04 Å². The van der Waals surface area contributed by atoms with Crippen LogP contribution in [0.25, 0.3) is 0 Å². The lowest BCUT2D eigenvalue weighted by Crippen LogP contribution is -2.59. The normalized spacial score (nSPS) is 15.3. The van der Waals surface area contributed by atoms with Crippen molar-refractivity contribution in [2.24, 2.45) is 0 Å². The van der Waals surface area contributed by atoms with E-state index in [1.165, 1.54) is 34.8 Å². The van der Waals surface area contributed by atoms with Gasteiger partial charge in [-0.3, -0.25) is 9.69 Å². The lowest BCUT2D eigenvalue weighted by atomic mass is 9.98. The number of ether oxygens (including phenoxy) is 1. The third-order valence-electron chi connectivity index (χ3n) is 2.53. The van der Waals surface area contributed by atoms with Crippen LogP contribution in [0.5, 0.6) is 0 Å². The second-order valence-corrected chi connectivity index (χ2v) is 4.91. The molecule has 106 valence electrons. The molecule has 0 aromatic rings. The Kier molecular flexibility index (Phi) is 5.66. The van der Waals surface area contributed by atoms with Crippen LogP contribution in [0.3, 0.4) is 0 Å². The van der Waals surface area contributed by atoms with Gasteiger partial charge in [-0.1, -0.05) is 0 Å². The van der Waals surface area contributed by atoms with Crippen LogP contribution in [-0.2, 0) is 9.53 Å². The Morgan fingerprint density at radius 1 is 1.28 bits per heavy atom. The van der Waals surface area contributed by atoms with E-state index in [-0.39, 0.29) is 0 Å². The van der Waals surface area contributed by atoms with Crippen molar-refractivity contribution in [3.63, 3.8) is 0 Å². The van der Waals surface area contributed by atoms with Crippen molar-refractivity contribution in [1.29, 1.82) is 0 Å². The van der Waals surface area contributed by atoms with Crippen molar-refractivity contribution in [2.75, 3.05) is 7.11 Å². The summed E-state index contributed by atoms with van der Waals surface area (Å²) >= 11 is 0. The number of ketones is 1. The van der Waals surface area contributed by atoms with Crippen LogP contribution in [0, 0.1) is 0 Å². The number of alkyl halides is 2. The first kappa shape index (κ1) is 16.8. The van der Waals surface area contributed by atoms with Gasteiger partial charge in [0, 0.05) is 12.6 Å². The molecule has 1 N–H and O–H groups in total. The molecule has 5 nitrogen and oxygen atoms in total. The molecule has 0 aliphatic heterocycles. The van der Waals surface area contributed by atoms with Crippen LogP contribution in [0.2, 0.25) is 0 Å². The highest BCUT2D eigenvalue weighted by Crippen LogP contribution is 2.23. The molecule has 2 atom stereocenters. The highest BCUT2D eigenvalue weighted by atomic mass is 19.3. The molecule has 0 aliphatic rings. The third-order valence-corrected chi connectivity index (χ3v) is 2.53. The van der Waals surface area contributed by atoms with Crippen molar-refractivity contribution in [1.82, 2.24) is 4.90 Å². The smallest absolute Gasteiger partial charge is 0.408 e. The monoisotopic (exact) mass is 267 g/mol. The minimum Gasteiger partial charge on any atom is -0.465 e. The van der Waals surface area contributed by atoms with E-state index in [1.54, 1.807) is 0 Å². The summed E-state index contributed by atoms with van der Waals surface area (Å²) in [7, 11) is 1.24. The van der Waals surface area contributed by atoms with Gasteiger partial charge in [-0.2, -0.15) is 0 Å². The Morgan fingerprint density at radius 3 is 1.94 bits per heavy atom. The number of rotatable bonds is 5. The third kappa shape index (κ3) is 3.90. The van der Waals surface area contributed by atoms with Crippen LogP contribution in [0.4, 0.5) is 13.6 Å². The maximum atomic E-state index is 12.6. The molecule has 1 amide bonds. The largest absolute Gasteiger partial charge is 0.465 e. The first-order valence-electron chi connectivity index (χ1n) is 5.41. The average molecular weight is 267 g/mol. The van der Waals surface area contributed by atoms with Crippen LogP contribution < -0.4 is 0 Å². The summed E-state index contributed by atoms with van der Waals surface area (Å²) in [6, 6.07) is -1.53. The highest BCUT2D eigenvalue weighted by molar-refractivity contribution is 5.90. The molecular formula is C11H19F2NO4. The van der Waals surface area contributed by atoms with Gasteiger partial charge in [0.25, 0.3) is 6.43 Å². The summed E-state index contributed by atoms with van der Waals surface area (Å²) in [5.74, 6) is -1.46. The molecular weight excluding hydrogens is 248 g/mol. The van der Waals surface area contributed by atoms with Gasteiger partial charge >= 0.3 is 6.09 Å². The fourth-order valence-electron chi connectivity index (χ4n) is 1.65. The molecule has 0 aromatic heterocycles. The van der Waals surface area contributed by atoms with E-state index in [9.17, 15) is 18.4 Å². The van der Waals surface area contributed by atoms with Crippen molar-refractivity contribution in [2.45, 2.75) is 51.8 Å². The Bertz CT molecular complexity index is 315. The average Bonchev–Trinajstić information content (AvgIpc) is 2.20. The number of nitrogens with zero attached hydrogens (tertiary/aromatic N) is 1. The molecule has 0 saturated carbocycles. The van der Waals surface area contributed by atoms with E-state index in [2.05, 4.69) is 0 Å². The number of methoxy groups -OCH3 is 1. The number of carbonyl (C=O) groups is 2. The molecule has 0 saturated heterocycles. The maximum Gasteiger partial charge on any atom is 0.408 e. The second kappa shape index (κ2) is 6.08. The van der Waals surface area contributed by atoms with Gasteiger partial charge in [-0.05, 0) is 27.7 Å². The predicted molar refractivity (Wildman–Crippen MR) is 60.9 cm³/mol. The maximum absolute atomic E-state index is 12.6. The summed E-state index contributed by atoms with van der Waals surface area (Å²) in [5.41, 5.74) is -0.992. The Balaban J connectivity index is 5.52. The summed E-state index contributed by atoms with van der Waals surface area (Å²) in [5, 5.41) is 9.13. The molecule has 2 unspecified atom stereocenters. The number of hydrogen-bond donors (Lipinski definition) is 1. The molecule has 0 rings (SSSR count). The Labute approximate surface area is 105 Å². The number of halogens is 2. The summed E-state index contributed by atoms with van der Waals surface area (Å²) < 4.78 is 30.0. The van der Waals surface area contributed by atoms with Gasteiger partial charge in [-0.25, -0.2) is 13.6 Å². The summed E-state index contributed by atoms with van der Waals surface area (Å²) in [6.07, 6.45) is -5.64. The van der Waals surface area contributed by atoms with Gasteiger partial charge in [0.05, 0.1) is 6.10 Å². The SMILES string of the molecule is COC(C)C(C(=O)C(F)F)N(C(=O)O)C(C)(C)C. The number of Topliss-reactive ketones (excluding diaryl/α,β-unsaturated/α-hetero) is 1. The van der Waals surface area contributed by atoms with E-state index < -0.39 is 36.0 Å². The van der Waals surface area contributed by atoms with Crippen molar-refractivity contribution < 1.29 is 28.2 Å². The van der Waals surface area contributed by atoms with Crippen molar-refractivity contribution >= 4 is 11.9 Å². The van der Waals surface area contributed by atoms with Crippen LogP contribution in [-0.4, -0.2) is 53.1 Å². The number of amides is 1. The fraction of sp³-hybridized carbons (Fsp3) is 0.818. The van der Waals surface area contributed by atoms with E-state index in [0.717, 1.165) is 0 Å². The van der Waals surface area contributed by atoms with Crippen LogP contribution in [0.15, 0.2) is 0 Å². The predicted octanol–water partition coefficient (Wildman–Crippen LogP) is 2.00. The zero-order chi connectivity index (χ0) is 14.7. The molecule has 7 heteroatoms. The zero-order valence-electron chi connectivity index (χ0n) is 11.1. The molecule has 0 aliphatic carbocycles. The molecule has 0 spiro atoms. The van der Waals surface area contributed by atoms with Crippen molar-refractivity contribution in [3.05, 3.63) is 0 Å². The van der Waals surface area contributed by atoms with Gasteiger partial charge in [0.2, 0.25) is 5.78 Å². The molecule has 0 aromatic carbocycles. The fourth-order valence-corrected chi connectivity index (χ4v) is 1.65. The molecule has 18 heavy (non-hydrogen) atoms. The van der Waals surface area contributed by atoms with Gasteiger partial charge in [-0.15, -0.1) is 0 Å². The number of hydrogen-bond acceptors (Lipinski definition) is 3. The standard InChI is InChI=1S/C11H19F2NO4/c1-6(18-5)7(8(15)9(12)13)14(10(16)17)11(2,3)4/h6-7,9H,1-5H3,(H,16,17). The lowest BCUT2D eigenvalue weighted by molar-refractivity contribution is -0.141. The number of carboxylic acid groups (broad SMARTS) is 1. The highest BCUT2D eigenvalue weighted by Gasteiger charge is 2.43. The first-order chi connectivity index (χ1) is 8.03. The van der Waals surface area contributed by atoms with Gasteiger partial charge in [0.15, 0.2) is 0 Å². The topological polar surface area (TPSA) is 66.8 Å².